The van der Waals surface area contributed by atoms with Crippen LogP contribution in [0.5, 0.6) is 23.0 Å². The Labute approximate surface area is 702 Å². The molecule has 0 spiro atoms. The quantitative estimate of drug-likeness (QED) is 0.0124. The van der Waals surface area contributed by atoms with Crippen LogP contribution in [-0.4, -0.2) is 102 Å². The number of nitrogens with zero attached hydrogens (tertiary/aromatic N) is 4. The Balaban J connectivity index is 0.000000140. The first-order chi connectivity index (χ1) is 58.8. The fourth-order valence-corrected chi connectivity index (χ4v) is 16.4. The summed E-state index contributed by atoms with van der Waals surface area (Å²) in [6, 6.07) is 69.6. The molecule has 12 aromatic rings. The minimum Gasteiger partial charge on any atom is -0.489 e. The summed E-state index contributed by atoms with van der Waals surface area (Å²) in [6.07, 6.45) is 2.75. The number of hydroxylamine groups is 4. The molecule has 8 atom stereocenters. The highest BCUT2D eigenvalue weighted by Crippen LogP contribution is 2.58. The number of ether oxygens (including phenoxy) is 6. The molecule has 122 heavy (non-hydrogen) atoms. The van der Waals surface area contributed by atoms with Gasteiger partial charge >= 0.3 is 11.9 Å². The number of hydrogen-bond acceptors (Lipinski definition) is 22. The largest absolute Gasteiger partial charge is 0.489 e. The average Bonchev–Trinajstić information content (AvgIpc) is 1.59. The van der Waals surface area contributed by atoms with E-state index in [1.54, 1.807) is 21.9 Å². The summed E-state index contributed by atoms with van der Waals surface area (Å²) in [7, 11) is 2.61. The highest BCUT2D eigenvalue weighted by atomic mass is 16.5. The van der Waals surface area contributed by atoms with Crippen LogP contribution >= 0.6 is 0 Å². The number of nitrogens with one attached hydrogen (secondary N) is 4. The van der Waals surface area contributed by atoms with Gasteiger partial charge in [0.15, 0.2) is 0 Å². The molecule has 0 saturated heterocycles. The SMILES string of the molecule is COC(=O)[C@@]1(Cc2ccc(OCc3cc(C)nc4ccccc34)cc2)C[C@@H]1C(=O)NO.COC(=O)[C@@]1(Cc2ccc(OCc3cc(C)nc4ccccc34)cc2)C[C@@H]1C(=O)NO.Cc1cc(COc2ccc(C[C@]3(C(N)=O)C[C@@H]3C(=O)NO)cc2)c2ccccc2n1.Cc1cc(COc2ccc(C[C@]3(C(N)=O)C[C@@H]3C(=O)NO)cc2)c2ccccc2n1. The van der Waals surface area contributed by atoms with Crippen molar-refractivity contribution in [2.24, 2.45) is 56.8 Å². The molecule has 0 aliphatic heterocycles. The number of carbonyl (C=O) groups excluding carboxylic acids is 8. The van der Waals surface area contributed by atoms with Gasteiger partial charge in [-0.05, 0) is 198 Å². The molecule has 4 aromatic heterocycles. The van der Waals surface area contributed by atoms with E-state index in [2.05, 4.69) is 19.9 Å². The number of esters is 2. The van der Waals surface area contributed by atoms with Gasteiger partial charge in [-0.15, -0.1) is 0 Å². The molecule has 16 rings (SSSR count). The number of primary amides is 2. The Kier molecular flexibility index (Phi) is 26.3. The van der Waals surface area contributed by atoms with Crippen LogP contribution in [0.1, 0.15) is 93.0 Å². The van der Waals surface area contributed by atoms with E-state index >= 15 is 0 Å². The lowest BCUT2D eigenvalue weighted by atomic mass is 9.93. The monoisotopic (exact) mass is 1650 g/mol. The van der Waals surface area contributed by atoms with Crippen LogP contribution in [-0.2, 0) is 99.9 Å². The van der Waals surface area contributed by atoms with E-state index in [1.165, 1.54) is 14.2 Å². The number of carbonyl (C=O) groups is 8. The van der Waals surface area contributed by atoms with Crippen molar-refractivity contribution in [2.75, 3.05) is 14.2 Å². The molecule has 8 aromatic carbocycles. The van der Waals surface area contributed by atoms with Crippen molar-refractivity contribution in [1.82, 2.24) is 41.9 Å². The molecule has 12 N–H and O–H groups in total. The number of aromatic nitrogens is 4. The maximum atomic E-state index is 12.3. The normalized spacial score (nSPS) is 19.8. The molecular weight excluding hydrogens is 1560 g/mol. The molecule has 0 unspecified atom stereocenters. The first-order valence-electron chi connectivity index (χ1n) is 39.6. The number of fused-ring (bicyclic) bond motifs is 4. The number of methoxy groups -OCH3 is 2. The van der Waals surface area contributed by atoms with Crippen LogP contribution in [0.25, 0.3) is 43.6 Å². The molecule has 4 aliphatic rings. The van der Waals surface area contributed by atoms with E-state index in [-0.39, 0.29) is 0 Å². The molecule has 6 amide bonds. The highest BCUT2D eigenvalue weighted by Gasteiger charge is 2.66. The Morgan fingerprint density at radius 3 is 0.746 bits per heavy atom. The van der Waals surface area contributed by atoms with Gasteiger partial charge in [0.2, 0.25) is 35.4 Å². The van der Waals surface area contributed by atoms with Crippen molar-refractivity contribution in [3.8, 4) is 23.0 Å². The predicted octanol–water partition coefficient (Wildman–Crippen LogP) is 12.0. The predicted molar refractivity (Wildman–Crippen MR) is 448 cm³/mol. The second kappa shape index (κ2) is 37.2. The molecule has 0 radical (unpaired) electrons. The smallest absolute Gasteiger partial charge is 0.312 e. The summed E-state index contributed by atoms with van der Waals surface area (Å²) in [4.78, 5) is 114. The minimum atomic E-state index is -0.942. The first-order valence-corrected chi connectivity index (χ1v) is 39.6. The fraction of sp³-hybridized carbons (Fsp3) is 0.277. The van der Waals surface area contributed by atoms with Crippen LogP contribution in [0.15, 0.2) is 218 Å². The number of aryl methyl sites for hydroxylation is 4. The third kappa shape index (κ3) is 19.4. The van der Waals surface area contributed by atoms with Crippen molar-refractivity contribution in [2.45, 2.75) is 105 Å². The Hall–Kier alpha value is -13.8. The molecule has 4 fully saturated rings. The number of nitrogens with two attached hydrogens (primary N) is 2. The van der Waals surface area contributed by atoms with Crippen molar-refractivity contribution in [3.05, 3.63) is 286 Å². The Morgan fingerprint density at radius 2 is 0.533 bits per heavy atom. The van der Waals surface area contributed by atoms with E-state index in [1.807, 2.05) is 246 Å². The van der Waals surface area contributed by atoms with E-state index in [0.29, 0.717) is 101 Å². The van der Waals surface area contributed by atoms with Gasteiger partial charge in [-0.3, -0.25) is 79.1 Å². The standard InChI is InChI=1S/2C24H24N2O5.2C23H23N3O4/c2*1-15-11-17(19-5-3-4-6-21(19)25-15)14-31-18-9-7-16(8-10-18)12-24(23(28)30-2)13-20(24)22(27)26-29;2*1-14-10-16(18-4-2-3-5-20(18)25-14)13-30-17-8-6-15(7-9-17)11-23(22(24)28)12-19(23)21(27)26-29/h2*3-11,20,29H,12-14H2,1-2H3,(H,26,27);2*2-10,19,29H,11-13H2,1H3,(H2,24,28)(H,26,27)/t2*20-,24+;2*19-,23+/m1111/s1. The molecule has 4 heterocycles. The number of para-hydroxylation sites is 4. The molecule has 4 saturated carbocycles. The van der Waals surface area contributed by atoms with Gasteiger partial charge in [-0.25, -0.2) is 21.9 Å². The topological polar surface area (TPSA) is 425 Å². The number of pyridine rings is 4. The fourth-order valence-electron chi connectivity index (χ4n) is 16.4. The molecular formula is C94H94N10O18. The number of amides is 6. The second-order valence-corrected chi connectivity index (χ2v) is 31.5. The second-order valence-electron chi connectivity index (χ2n) is 31.5. The third-order valence-corrected chi connectivity index (χ3v) is 23.2. The van der Waals surface area contributed by atoms with Crippen molar-refractivity contribution in [3.63, 3.8) is 0 Å². The molecule has 28 nitrogen and oxygen atoms in total. The number of rotatable bonds is 28. The van der Waals surface area contributed by atoms with E-state index < -0.39 is 92.7 Å². The van der Waals surface area contributed by atoms with Gasteiger partial charge < -0.3 is 39.9 Å². The Morgan fingerprint density at radius 1 is 0.328 bits per heavy atom. The van der Waals surface area contributed by atoms with Gasteiger partial charge in [-0.2, -0.15) is 0 Å². The minimum absolute atomic E-state index is 0.335. The van der Waals surface area contributed by atoms with Gasteiger partial charge in [0.1, 0.15) is 49.4 Å². The Bertz CT molecular complexity index is 5560. The zero-order valence-corrected chi connectivity index (χ0v) is 68.0. The average molecular weight is 1650 g/mol. The highest BCUT2D eigenvalue weighted by molar-refractivity contribution is 5.97. The third-order valence-electron chi connectivity index (χ3n) is 23.2. The van der Waals surface area contributed by atoms with E-state index in [0.717, 1.165) is 111 Å². The van der Waals surface area contributed by atoms with Gasteiger partial charge in [0.05, 0.1) is 81.6 Å². The maximum absolute atomic E-state index is 12.3. The van der Waals surface area contributed by atoms with Gasteiger partial charge in [0, 0.05) is 66.6 Å². The van der Waals surface area contributed by atoms with E-state index in [4.69, 9.17) is 60.7 Å². The molecule has 0 bridgehead atoms. The summed E-state index contributed by atoms with van der Waals surface area (Å²) < 4.78 is 33.7. The van der Waals surface area contributed by atoms with Crippen molar-refractivity contribution in [1.29, 1.82) is 0 Å². The lowest BCUT2D eigenvalue weighted by Crippen LogP contribution is -2.33. The zero-order chi connectivity index (χ0) is 86.6. The summed E-state index contributed by atoms with van der Waals surface area (Å²) in [6.45, 7) is 9.49. The van der Waals surface area contributed by atoms with Crippen LogP contribution in [0.3, 0.4) is 0 Å². The molecule has 28 heteroatoms. The van der Waals surface area contributed by atoms with Gasteiger partial charge in [0.25, 0.3) is 0 Å². The van der Waals surface area contributed by atoms with Gasteiger partial charge in [-0.1, -0.05) is 121 Å². The lowest BCUT2D eigenvalue weighted by Gasteiger charge is -2.15. The van der Waals surface area contributed by atoms with Crippen molar-refractivity contribution < 1.29 is 87.6 Å². The van der Waals surface area contributed by atoms with Crippen LogP contribution in [0.2, 0.25) is 0 Å². The number of hydrogen-bond donors (Lipinski definition) is 10. The summed E-state index contributed by atoms with van der Waals surface area (Å²) in [5, 5.41) is 39.7. The zero-order valence-electron chi connectivity index (χ0n) is 68.0. The van der Waals surface area contributed by atoms with E-state index in [9.17, 15) is 38.4 Å². The molecule has 4 aliphatic carbocycles. The number of benzene rings is 8. The first kappa shape index (κ1) is 86.1. The summed E-state index contributed by atoms with van der Waals surface area (Å²) in [5.41, 5.74) is 29.1. The van der Waals surface area contributed by atoms with Crippen LogP contribution in [0, 0.1) is 73.0 Å². The maximum Gasteiger partial charge on any atom is 0.312 e. The summed E-state index contributed by atoms with van der Waals surface area (Å²) in [5.74, 6) is -3.80. The lowest BCUT2D eigenvalue weighted by molar-refractivity contribution is -0.150. The van der Waals surface area contributed by atoms with Crippen LogP contribution < -0.4 is 52.3 Å². The van der Waals surface area contributed by atoms with Crippen LogP contribution in [0.4, 0.5) is 0 Å². The summed E-state index contributed by atoms with van der Waals surface area (Å²) >= 11 is 0. The van der Waals surface area contributed by atoms with Crippen molar-refractivity contribution >= 4 is 91.0 Å². The molecule has 628 valence electrons.